The van der Waals surface area contributed by atoms with Gasteiger partial charge in [-0.15, -0.1) is 5.10 Å². The van der Waals surface area contributed by atoms with Crippen LogP contribution in [0.3, 0.4) is 0 Å². The number of rotatable bonds is 10. The Balaban J connectivity index is 1.35. The molecular weight excluding hydrogens is 618 g/mol. The van der Waals surface area contributed by atoms with E-state index >= 15 is 0 Å². The summed E-state index contributed by atoms with van der Waals surface area (Å²) < 4.78 is 13.7. The lowest BCUT2D eigenvalue weighted by Crippen LogP contribution is -2.31. The van der Waals surface area contributed by atoms with E-state index in [1.807, 2.05) is 92.7 Å². The molecule has 2 heterocycles. The lowest BCUT2D eigenvalue weighted by molar-refractivity contribution is -0.113. The molecule has 1 aromatic heterocycles. The summed E-state index contributed by atoms with van der Waals surface area (Å²) in [6, 6.07) is 28.8. The first-order valence-corrected chi connectivity index (χ1v) is 16.2. The van der Waals surface area contributed by atoms with E-state index in [1.54, 1.807) is 11.8 Å². The maximum absolute atomic E-state index is 14.0. The van der Waals surface area contributed by atoms with E-state index in [2.05, 4.69) is 29.7 Å². The lowest BCUT2D eigenvalue weighted by atomic mass is 9.94. The van der Waals surface area contributed by atoms with Crippen LogP contribution in [-0.4, -0.2) is 27.8 Å². The normalized spacial score (nSPS) is 14.0. The highest BCUT2D eigenvalue weighted by Crippen LogP contribution is 2.40. The molecule has 10 heteroatoms. The van der Waals surface area contributed by atoms with Crippen LogP contribution in [0.5, 0.6) is 11.5 Å². The fraction of sp³-hybridized carbons (Fsp3) is 0.194. The highest BCUT2D eigenvalue weighted by molar-refractivity contribution is 7.98. The molecular formula is C36H34ClN5O3S. The van der Waals surface area contributed by atoms with Gasteiger partial charge in [0.2, 0.25) is 11.1 Å². The number of benzene rings is 4. The number of anilines is 2. The highest BCUT2D eigenvalue weighted by atomic mass is 35.5. The summed E-state index contributed by atoms with van der Waals surface area (Å²) in [4.78, 5) is 18.8. The Bertz CT molecular complexity index is 1920. The smallest absolute Gasteiger partial charge is 0.255 e. The lowest BCUT2D eigenvalue weighted by Gasteiger charge is -2.29. The van der Waals surface area contributed by atoms with Crippen LogP contribution in [0.2, 0.25) is 5.02 Å². The summed E-state index contributed by atoms with van der Waals surface area (Å²) in [6.07, 6.45) is 0. The molecule has 1 aliphatic heterocycles. The SMILES string of the molecule is COc1cc(C2C(C(=O)Nc3ccccc3C)=C(C)Nc3nc(SCc4ccccc4Cl)nn32)ccc1OCc1ccc(C)cc1. The van der Waals surface area contributed by atoms with Crippen molar-refractivity contribution in [1.29, 1.82) is 0 Å². The summed E-state index contributed by atoms with van der Waals surface area (Å²) in [5.74, 6) is 2.04. The van der Waals surface area contributed by atoms with Crippen molar-refractivity contribution in [2.45, 2.75) is 44.3 Å². The van der Waals surface area contributed by atoms with Gasteiger partial charge in [-0.25, -0.2) is 4.68 Å². The molecule has 8 nitrogen and oxygen atoms in total. The van der Waals surface area contributed by atoms with Gasteiger partial charge in [0.25, 0.3) is 5.91 Å². The van der Waals surface area contributed by atoms with Crippen LogP contribution in [0.25, 0.3) is 0 Å². The van der Waals surface area contributed by atoms with Crippen molar-refractivity contribution < 1.29 is 14.3 Å². The van der Waals surface area contributed by atoms with E-state index in [0.717, 1.165) is 27.9 Å². The van der Waals surface area contributed by atoms with Gasteiger partial charge in [-0.3, -0.25) is 4.79 Å². The molecule has 46 heavy (non-hydrogen) atoms. The van der Waals surface area contributed by atoms with E-state index < -0.39 is 6.04 Å². The molecule has 0 spiro atoms. The molecule has 0 radical (unpaired) electrons. The maximum atomic E-state index is 14.0. The average Bonchev–Trinajstić information content (AvgIpc) is 3.46. The van der Waals surface area contributed by atoms with E-state index in [0.29, 0.717) is 51.3 Å². The number of allylic oxidation sites excluding steroid dienone is 1. The highest BCUT2D eigenvalue weighted by Gasteiger charge is 2.35. The van der Waals surface area contributed by atoms with Gasteiger partial charge < -0.3 is 20.1 Å². The number of carbonyl (C=O) groups is 1. The Kier molecular flexibility index (Phi) is 9.33. The molecule has 0 aliphatic carbocycles. The maximum Gasteiger partial charge on any atom is 0.255 e. The number of aryl methyl sites for hydroxylation is 2. The Morgan fingerprint density at radius 3 is 2.50 bits per heavy atom. The number of hydrogen-bond acceptors (Lipinski definition) is 7. The average molecular weight is 652 g/mol. The second-order valence-corrected chi connectivity index (χ2v) is 12.4. The van der Waals surface area contributed by atoms with Crippen molar-refractivity contribution in [3.63, 3.8) is 0 Å². The number of nitrogens with one attached hydrogen (secondary N) is 2. The topological polar surface area (TPSA) is 90.3 Å². The van der Waals surface area contributed by atoms with Crippen molar-refractivity contribution in [3.8, 4) is 11.5 Å². The van der Waals surface area contributed by atoms with Crippen LogP contribution in [0.4, 0.5) is 11.6 Å². The standard InChI is InChI=1S/C36H34ClN5O3S/c1-22-13-15-25(16-14-22)20-45-30-18-17-26(19-31(30)44-4)33-32(34(43)39-29-12-8-5-9-23(29)2)24(3)38-35-40-36(41-42(33)35)46-21-27-10-6-7-11-28(27)37/h5-19,33H,20-21H2,1-4H3,(H,39,43)(H,38,40,41). The second-order valence-electron chi connectivity index (χ2n) is 11.1. The zero-order valence-corrected chi connectivity index (χ0v) is 27.6. The van der Waals surface area contributed by atoms with Gasteiger partial charge in [-0.1, -0.05) is 95.7 Å². The molecule has 0 saturated carbocycles. The van der Waals surface area contributed by atoms with Crippen molar-refractivity contribution >= 4 is 40.9 Å². The summed E-state index contributed by atoms with van der Waals surface area (Å²) in [5, 5.41) is 12.6. The Hall–Kier alpha value is -4.73. The van der Waals surface area contributed by atoms with Crippen LogP contribution in [0, 0.1) is 13.8 Å². The molecule has 2 N–H and O–H groups in total. The van der Waals surface area contributed by atoms with E-state index in [1.165, 1.54) is 17.3 Å². The van der Waals surface area contributed by atoms with Gasteiger partial charge in [0.05, 0.1) is 12.7 Å². The minimum atomic E-state index is -0.595. The van der Waals surface area contributed by atoms with Gasteiger partial charge in [-0.05, 0) is 67.3 Å². The van der Waals surface area contributed by atoms with Crippen LogP contribution in [-0.2, 0) is 17.2 Å². The minimum absolute atomic E-state index is 0.241. The molecule has 5 aromatic rings. The first-order valence-electron chi connectivity index (χ1n) is 14.8. The fourth-order valence-corrected chi connectivity index (χ4v) is 6.39. The third-order valence-electron chi connectivity index (χ3n) is 7.80. The molecule has 1 aliphatic rings. The summed E-state index contributed by atoms with van der Waals surface area (Å²) in [5.41, 5.74) is 6.93. The van der Waals surface area contributed by atoms with Crippen LogP contribution in [0.15, 0.2) is 107 Å². The van der Waals surface area contributed by atoms with Crippen molar-refractivity contribution in [3.05, 3.63) is 135 Å². The summed E-state index contributed by atoms with van der Waals surface area (Å²) >= 11 is 7.88. The molecule has 4 aromatic carbocycles. The number of hydrogen-bond donors (Lipinski definition) is 2. The zero-order valence-electron chi connectivity index (χ0n) is 26.0. The fourth-order valence-electron chi connectivity index (χ4n) is 5.27. The first-order chi connectivity index (χ1) is 22.3. The zero-order chi connectivity index (χ0) is 32.2. The van der Waals surface area contributed by atoms with E-state index in [9.17, 15) is 4.79 Å². The number of halogens is 1. The quantitative estimate of drug-likeness (QED) is 0.147. The monoisotopic (exact) mass is 651 g/mol. The third kappa shape index (κ3) is 6.76. The first kappa shape index (κ1) is 31.3. The van der Waals surface area contributed by atoms with Gasteiger partial charge in [-0.2, -0.15) is 4.98 Å². The van der Waals surface area contributed by atoms with E-state index in [4.69, 9.17) is 31.2 Å². The third-order valence-corrected chi connectivity index (χ3v) is 9.06. The van der Waals surface area contributed by atoms with Crippen LogP contribution >= 0.6 is 23.4 Å². The Morgan fingerprint density at radius 1 is 0.978 bits per heavy atom. The number of para-hydroxylation sites is 1. The molecule has 1 atom stereocenters. The number of fused-ring (bicyclic) bond motifs is 1. The Morgan fingerprint density at radius 2 is 1.74 bits per heavy atom. The number of aromatic nitrogens is 3. The minimum Gasteiger partial charge on any atom is -0.493 e. The number of amides is 1. The number of thioether (sulfide) groups is 1. The van der Waals surface area contributed by atoms with Gasteiger partial charge in [0.15, 0.2) is 11.5 Å². The molecule has 6 rings (SSSR count). The molecule has 1 amide bonds. The van der Waals surface area contributed by atoms with Gasteiger partial charge in [0.1, 0.15) is 12.6 Å². The second kappa shape index (κ2) is 13.7. The number of carbonyl (C=O) groups excluding carboxylic acids is 1. The predicted molar refractivity (Wildman–Crippen MR) is 184 cm³/mol. The Labute approximate surface area is 277 Å². The van der Waals surface area contributed by atoms with E-state index in [-0.39, 0.29) is 5.91 Å². The van der Waals surface area contributed by atoms with Crippen LogP contribution < -0.4 is 20.1 Å². The molecule has 0 bridgehead atoms. The molecule has 0 saturated heterocycles. The molecule has 234 valence electrons. The predicted octanol–water partition coefficient (Wildman–Crippen LogP) is 8.36. The summed E-state index contributed by atoms with van der Waals surface area (Å²) in [6.45, 7) is 6.29. The van der Waals surface area contributed by atoms with Crippen molar-refractivity contribution in [2.24, 2.45) is 0 Å². The van der Waals surface area contributed by atoms with Crippen molar-refractivity contribution in [1.82, 2.24) is 14.8 Å². The van der Waals surface area contributed by atoms with Crippen LogP contribution in [0.1, 0.15) is 40.8 Å². The molecule has 0 fully saturated rings. The van der Waals surface area contributed by atoms with Gasteiger partial charge in [0, 0.05) is 22.2 Å². The number of ether oxygens (including phenoxy) is 2. The molecule has 1 unspecified atom stereocenters. The number of nitrogens with zero attached hydrogens (tertiary/aromatic N) is 3. The summed E-state index contributed by atoms with van der Waals surface area (Å²) in [7, 11) is 1.61. The van der Waals surface area contributed by atoms with Gasteiger partial charge >= 0.3 is 0 Å². The van der Waals surface area contributed by atoms with Crippen molar-refractivity contribution in [2.75, 3.05) is 17.7 Å². The largest absolute Gasteiger partial charge is 0.493 e. The number of methoxy groups -OCH3 is 1.